The monoisotopic (exact) mass is 374 g/mol. The number of methoxy groups -OCH3 is 3. The molecule has 27 heavy (non-hydrogen) atoms. The summed E-state index contributed by atoms with van der Waals surface area (Å²) >= 11 is 0. The van der Waals surface area contributed by atoms with E-state index in [9.17, 15) is 9.59 Å². The molecular weight excluding hydrogens is 348 g/mol. The van der Waals surface area contributed by atoms with Crippen LogP contribution in [0.25, 0.3) is 5.57 Å². The van der Waals surface area contributed by atoms with Crippen molar-refractivity contribution in [1.82, 2.24) is 9.80 Å². The van der Waals surface area contributed by atoms with Gasteiger partial charge in [0, 0.05) is 39.4 Å². The average Bonchev–Trinajstić information content (AvgIpc) is 2.93. The normalized spacial score (nSPS) is 14.1. The van der Waals surface area contributed by atoms with Crippen molar-refractivity contribution >= 4 is 17.4 Å². The first-order valence-corrected chi connectivity index (χ1v) is 8.68. The highest BCUT2D eigenvalue weighted by atomic mass is 16.5. The van der Waals surface area contributed by atoms with Crippen LogP contribution >= 0.6 is 0 Å². The molecule has 0 fully saturated rings. The lowest BCUT2D eigenvalue weighted by Gasteiger charge is -2.25. The topological polar surface area (TPSA) is 68.3 Å². The second kappa shape index (κ2) is 9.89. The highest BCUT2D eigenvalue weighted by Crippen LogP contribution is 2.36. The summed E-state index contributed by atoms with van der Waals surface area (Å²) in [4.78, 5) is 29.2. The van der Waals surface area contributed by atoms with Crippen LogP contribution in [0.2, 0.25) is 0 Å². The summed E-state index contributed by atoms with van der Waals surface area (Å²) in [5, 5.41) is 0. The van der Waals surface area contributed by atoms with Gasteiger partial charge in [0.15, 0.2) is 0 Å². The van der Waals surface area contributed by atoms with Crippen LogP contribution in [0.1, 0.15) is 5.56 Å². The van der Waals surface area contributed by atoms with Gasteiger partial charge in [-0.3, -0.25) is 14.5 Å². The lowest BCUT2D eigenvalue weighted by atomic mass is 10.0. The molecule has 1 aromatic carbocycles. The number of rotatable bonds is 11. The fourth-order valence-electron chi connectivity index (χ4n) is 2.98. The zero-order valence-electron chi connectivity index (χ0n) is 16.1. The van der Waals surface area contributed by atoms with Crippen molar-refractivity contribution in [3.63, 3.8) is 0 Å². The third-order valence-electron chi connectivity index (χ3n) is 4.28. The molecule has 0 N–H and O–H groups in total. The maximum Gasteiger partial charge on any atom is 0.278 e. The minimum atomic E-state index is -0.362. The van der Waals surface area contributed by atoms with E-state index in [4.69, 9.17) is 14.2 Å². The van der Waals surface area contributed by atoms with Gasteiger partial charge in [-0.2, -0.15) is 0 Å². The highest BCUT2D eigenvalue weighted by molar-refractivity contribution is 6.36. The second-order valence-electron chi connectivity index (χ2n) is 5.91. The maximum absolute atomic E-state index is 13.1. The van der Waals surface area contributed by atoms with Crippen molar-refractivity contribution < 1.29 is 23.8 Å². The summed E-state index contributed by atoms with van der Waals surface area (Å²) < 4.78 is 15.8. The van der Waals surface area contributed by atoms with Gasteiger partial charge in [0.25, 0.3) is 11.8 Å². The molecule has 0 unspecified atom stereocenters. The Morgan fingerprint density at radius 1 is 1.04 bits per heavy atom. The van der Waals surface area contributed by atoms with Crippen LogP contribution in [0.4, 0.5) is 0 Å². The van der Waals surface area contributed by atoms with E-state index in [1.165, 1.54) is 18.1 Å². The number of hydrogen-bond acceptors (Lipinski definition) is 6. The van der Waals surface area contributed by atoms with E-state index in [-0.39, 0.29) is 18.4 Å². The number of ether oxygens (including phenoxy) is 3. The summed E-state index contributed by atoms with van der Waals surface area (Å²) in [5.74, 6) is -0.183. The van der Waals surface area contributed by atoms with E-state index in [1.54, 1.807) is 26.4 Å². The number of para-hydroxylation sites is 1. The van der Waals surface area contributed by atoms with Crippen molar-refractivity contribution in [2.24, 2.45) is 0 Å². The van der Waals surface area contributed by atoms with Crippen LogP contribution < -0.4 is 4.74 Å². The van der Waals surface area contributed by atoms with Gasteiger partial charge in [0.05, 0.1) is 25.9 Å². The number of hydrogen-bond donors (Lipinski definition) is 0. The van der Waals surface area contributed by atoms with Gasteiger partial charge in [-0.15, -0.1) is 6.58 Å². The third kappa shape index (κ3) is 4.37. The molecule has 0 bridgehead atoms. The average molecular weight is 374 g/mol. The molecule has 7 heteroatoms. The summed E-state index contributed by atoms with van der Waals surface area (Å²) in [7, 11) is 4.72. The van der Waals surface area contributed by atoms with Crippen molar-refractivity contribution in [1.29, 1.82) is 0 Å². The Bertz CT molecular complexity index is 721. The zero-order chi connectivity index (χ0) is 19.8. The zero-order valence-corrected chi connectivity index (χ0v) is 16.1. The molecule has 1 aromatic rings. The molecule has 0 radical (unpaired) electrons. The van der Waals surface area contributed by atoms with Crippen molar-refractivity contribution in [2.45, 2.75) is 0 Å². The van der Waals surface area contributed by atoms with Crippen LogP contribution in [0.5, 0.6) is 5.75 Å². The lowest BCUT2D eigenvalue weighted by molar-refractivity contribution is -0.137. The van der Waals surface area contributed by atoms with Crippen LogP contribution in [0.3, 0.4) is 0 Å². The maximum atomic E-state index is 13.1. The number of benzene rings is 1. The Morgan fingerprint density at radius 3 is 2.22 bits per heavy atom. The Morgan fingerprint density at radius 2 is 1.67 bits per heavy atom. The molecular formula is C20H26N2O5. The first-order chi connectivity index (χ1) is 13.1. The molecule has 0 spiro atoms. The summed E-state index contributed by atoms with van der Waals surface area (Å²) in [6.45, 7) is 5.52. The quantitative estimate of drug-likeness (QED) is 0.433. The fourth-order valence-corrected chi connectivity index (χ4v) is 2.98. The van der Waals surface area contributed by atoms with E-state index in [0.29, 0.717) is 48.9 Å². The van der Waals surface area contributed by atoms with Crippen LogP contribution in [-0.2, 0) is 19.1 Å². The molecule has 1 heterocycles. The number of amides is 2. The van der Waals surface area contributed by atoms with Gasteiger partial charge in [-0.05, 0) is 6.07 Å². The molecule has 7 nitrogen and oxygen atoms in total. The Labute approximate surface area is 159 Å². The number of nitrogens with zero attached hydrogens (tertiary/aromatic N) is 2. The Hall–Kier alpha value is -2.64. The van der Waals surface area contributed by atoms with E-state index in [0.717, 1.165) is 0 Å². The van der Waals surface area contributed by atoms with Gasteiger partial charge in [0.2, 0.25) is 0 Å². The van der Waals surface area contributed by atoms with Gasteiger partial charge in [-0.1, -0.05) is 24.3 Å². The van der Waals surface area contributed by atoms with E-state index in [2.05, 4.69) is 6.58 Å². The minimum Gasteiger partial charge on any atom is -0.496 e. The Balaban J connectivity index is 2.61. The molecule has 0 saturated carbocycles. The predicted molar refractivity (Wildman–Crippen MR) is 102 cm³/mol. The SMILES string of the molecule is C=CCN1C(=O)C(c2ccccc2OC)=C(N(CCOC)CCOC)C1=O. The van der Waals surface area contributed by atoms with E-state index in [1.807, 2.05) is 17.0 Å². The molecule has 0 saturated heterocycles. The van der Waals surface area contributed by atoms with Crippen molar-refractivity contribution in [3.8, 4) is 5.75 Å². The molecule has 1 aliphatic heterocycles. The lowest BCUT2D eigenvalue weighted by Crippen LogP contribution is -2.37. The summed E-state index contributed by atoms with van der Waals surface area (Å²) in [6, 6.07) is 7.17. The van der Waals surface area contributed by atoms with Crippen LogP contribution in [-0.4, -0.2) is 75.8 Å². The van der Waals surface area contributed by atoms with Crippen molar-refractivity contribution in [3.05, 3.63) is 48.2 Å². The molecule has 0 aliphatic carbocycles. The number of carbonyl (C=O) groups is 2. The van der Waals surface area contributed by atoms with Crippen molar-refractivity contribution in [2.75, 3.05) is 54.2 Å². The van der Waals surface area contributed by atoms with Crippen LogP contribution in [0, 0.1) is 0 Å². The molecule has 2 rings (SSSR count). The predicted octanol–water partition coefficient (Wildman–Crippen LogP) is 1.56. The smallest absolute Gasteiger partial charge is 0.278 e. The molecule has 146 valence electrons. The molecule has 1 aliphatic rings. The van der Waals surface area contributed by atoms with Gasteiger partial charge in [-0.25, -0.2) is 0 Å². The van der Waals surface area contributed by atoms with E-state index >= 15 is 0 Å². The fraction of sp³-hybridized carbons (Fsp3) is 0.400. The molecule has 0 aromatic heterocycles. The highest BCUT2D eigenvalue weighted by Gasteiger charge is 2.41. The molecule has 0 atom stereocenters. The van der Waals surface area contributed by atoms with Gasteiger partial charge >= 0.3 is 0 Å². The first kappa shape index (κ1) is 20.7. The summed E-state index contributed by atoms with van der Waals surface area (Å²) in [6.07, 6.45) is 1.53. The van der Waals surface area contributed by atoms with Gasteiger partial charge < -0.3 is 19.1 Å². The van der Waals surface area contributed by atoms with Gasteiger partial charge in [0.1, 0.15) is 11.4 Å². The van der Waals surface area contributed by atoms with E-state index < -0.39 is 0 Å². The number of carbonyl (C=O) groups excluding carboxylic acids is 2. The third-order valence-corrected chi connectivity index (χ3v) is 4.28. The summed E-state index contributed by atoms with van der Waals surface area (Å²) in [5.41, 5.74) is 1.24. The second-order valence-corrected chi connectivity index (χ2v) is 5.91. The molecule has 2 amide bonds. The standard InChI is InChI=1S/C20H26N2O5/c1-5-10-22-19(23)17(15-8-6-7-9-16(15)27-4)18(20(22)24)21(11-13-25-2)12-14-26-3/h5-9H,1,10-14H2,2-4H3. The van der Waals surface area contributed by atoms with Crippen LogP contribution in [0.15, 0.2) is 42.6 Å². The number of imide groups is 1. The Kier molecular flexibility index (Phi) is 7.57. The largest absolute Gasteiger partial charge is 0.496 e. The first-order valence-electron chi connectivity index (χ1n) is 8.68. The minimum absolute atomic E-state index is 0.141.